The zero-order valence-corrected chi connectivity index (χ0v) is 4.53. The van der Waals surface area contributed by atoms with E-state index in [1.165, 1.54) is 23.2 Å². The third-order valence-corrected chi connectivity index (χ3v) is 0.891. The van der Waals surface area contributed by atoms with E-state index >= 15 is 0 Å². The summed E-state index contributed by atoms with van der Waals surface area (Å²) in [6.45, 7) is 0. The number of aryl methyl sites for hydroxylation is 1. The maximum absolute atomic E-state index is 10.5. The Balaban J connectivity index is 3.35. The molecule has 0 N–H and O–H groups in total. The highest BCUT2D eigenvalue weighted by Crippen LogP contribution is 1.65. The molecular formula is C5H6N2O. The van der Waals surface area contributed by atoms with Gasteiger partial charge in [-0.25, -0.2) is 4.98 Å². The van der Waals surface area contributed by atoms with Crippen molar-refractivity contribution in [2.24, 2.45) is 7.05 Å². The highest BCUT2D eigenvalue weighted by atomic mass is 16.1. The Morgan fingerprint density at radius 2 is 2.50 bits per heavy atom. The lowest BCUT2D eigenvalue weighted by Crippen LogP contribution is -2.13. The lowest BCUT2D eigenvalue weighted by atomic mass is 10.6. The van der Waals surface area contributed by atoms with Crippen LogP contribution in [-0.4, -0.2) is 9.55 Å². The first-order chi connectivity index (χ1) is 3.80. The van der Waals surface area contributed by atoms with Gasteiger partial charge in [-0.15, -0.1) is 0 Å². The Labute approximate surface area is 46.6 Å². The molecule has 1 heterocycles. The van der Waals surface area contributed by atoms with Crippen LogP contribution in [0.3, 0.4) is 0 Å². The molecule has 8 heavy (non-hydrogen) atoms. The Bertz CT molecular complexity index is 228. The van der Waals surface area contributed by atoms with Crippen molar-refractivity contribution in [3.05, 3.63) is 28.9 Å². The van der Waals surface area contributed by atoms with Crippen LogP contribution in [0.1, 0.15) is 0 Å². The monoisotopic (exact) mass is 110 g/mol. The minimum atomic E-state index is -0.0278. The van der Waals surface area contributed by atoms with Crippen molar-refractivity contribution in [1.29, 1.82) is 0 Å². The molecule has 0 aromatic carbocycles. The van der Waals surface area contributed by atoms with Crippen molar-refractivity contribution in [2.45, 2.75) is 0 Å². The summed E-state index contributed by atoms with van der Waals surface area (Å²) in [5.41, 5.74) is -0.0278. The summed E-state index contributed by atoms with van der Waals surface area (Å²) in [5, 5.41) is 0. The molecule has 1 aromatic heterocycles. The van der Waals surface area contributed by atoms with E-state index < -0.39 is 0 Å². The zero-order chi connectivity index (χ0) is 5.98. The summed E-state index contributed by atoms with van der Waals surface area (Å²) in [7, 11) is 1.66. The van der Waals surface area contributed by atoms with E-state index in [-0.39, 0.29) is 5.56 Å². The smallest absolute Gasteiger partial charge is 0.252 e. The number of nitrogens with zero attached hydrogens (tertiary/aromatic N) is 2. The van der Waals surface area contributed by atoms with Crippen molar-refractivity contribution in [3.8, 4) is 0 Å². The van der Waals surface area contributed by atoms with Gasteiger partial charge in [-0.05, 0) is 0 Å². The predicted molar refractivity (Wildman–Crippen MR) is 29.5 cm³/mol. The highest BCUT2D eigenvalue weighted by molar-refractivity contribution is 4.79. The second kappa shape index (κ2) is 1.78. The molecule has 3 nitrogen and oxygen atoms in total. The molecule has 0 aliphatic carbocycles. The zero-order valence-electron chi connectivity index (χ0n) is 4.53. The minimum absolute atomic E-state index is 0.0278. The highest BCUT2D eigenvalue weighted by Gasteiger charge is 1.80. The lowest BCUT2D eigenvalue weighted by Gasteiger charge is -1.88. The number of hydrogen-bond donors (Lipinski definition) is 0. The average molecular weight is 110 g/mol. The number of hydrogen-bond acceptors (Lipinski definition) is 2. The second-order valence-electron chi connectivity index (χ2n) is 1.53. The van der Waals surface area contributed by atoms with Gasteiger partial charge >= 0.3 is 0 Å². The molecule has 0 saturated carbocycles. The van der Waals surface area contributed by atoms with E-state index in [1.54, 1.807) is 7.05 Å². The molecule has 0 spiro atoms. The molecule has 0 bridgehead atoms. The summed E-state index contributed by atoms with van der Waals surface area (Å²) in [6.07, 6.45) is 2.95. The SMILES string of the molecule is Cn1cnccc1=O. The molecule has 3 heteroatoms. The van der Waals surface area contributed by atoms with Gasteiger partial charge in [0, 0.05) is 19.3 Å². The Kier molecular flexibility index (Phi) is 1.12. The fourth-order valence-electron chi connectivity index (χ4n) is 0.420. The van der Waals surface area contributed by atoms with Crippen LogP contribution >= 0.6 is 0 Å². The molecule has 0 atom stereocenters. The van der Waals surface area contributed by atoms with Crippen LogP contribution in [0, 0.1) is 0 Å². The van der Waals surface area contributed by atoms with Gasteiger partial charge in [0.25, 0.3) is 5.56 Å². The fraction of sp³-hybridized carbons (Fsp3) is 0.200. The maximum atomic E-state index is 10.5. The van der Waals surface area contributed by atoms with Gasteiger partial charge in [-0.2, -0.15) is 0 Å². The molecule has 0 amide bonds. The summed E-state index contributed by atoms with van der Waals surface area (Å²) in [4.78, 5) is 14.2. The third-order valence-electron chi connectivity index (χ3n) is 0.891. The first-order valence-electron chi connectivity index (χ1n) is 2.27. The molecule has 0 aliphatic heterocycles. The van der Waals surface area contributed by atoms with Gasteiger partial charge in [0.1, 0.15) is 0 Å². The van der Waals surface area contributed by atoms with E-state index in [0.717, 1.165) is 0 Å². The van der Waals surface area contributed by atoms with Crippen LogP contribution in [0.2, 0.25) is 0 Å². The lowest BCUT2D eigenvalue weighted by molar-refractivity contribution is 0.824. The van der Waals surface area contributed by atoms with Crippen LogP contribution in [0.4, 0.5) is 0 Å². The molecule has 1 aromatic rings. The van der Waals surface area contributed by atoms with Gasteiger partial charge in [0.2, 0.25) is 0 Å². The first kappa shape index (κ1) is 5.03. The van der Waals surface area contributed by atoms with E-state index in [4.69, 9.17) is 0 Å². The van der Waals surface area contributed by atoms with Crippen LogP contribution in [-0.2, 0) is 7.05 Å². The van der Waals surface area contributed by atoms with Gasteiger partial charge in [-0.3, -0.25) is 4.79 Å². The van der Waals surface area contributed by atoms with E-state index in [2.05, 4.69) is 4.98 Å². The van der Waals surface area contributed by atoms with Gasteiger partial charge in [0.15, 0.2) is 0 Å². The molecule has 0 radical (unpaired) electrons. The topological polar surface area (TPSA) is 34.9 Å². The molecular weight excluding hydrogens is 104 g/mol. The van der Waals surface area contributed by atoms with Crippen molar-refractivity contribution < 1.29 is 0 Å². The van der Waals surface area contributed by atoms with Gasteiger partial charge in [-0.1, -0.05) is 0 Å². The number of aromatic nitrogens is 2. The van der Waals surface area contributed by atoms with Crippen LogP contribution in [0.25, 0.3) is 0 Å². The number of rotatable bonds is 0. The maximum Gasteiger partial charge on any atom is 0.252 e. The normalized spacial score (nSPS) is 9.12. The largest absolute Gasteiger partial charge is 0.302 e. The first-order valence-corrected chi connectivity index (χ1v) is 2.27. The standard InChI is InChI=1S/C5H6N2O/c1-7-4-6-3-2-5(7)8/h2-4H,1H3. The Hall–Kier alpha value is -1.12. The van der Waals surface area contributed by atoms with Gasteiger partial charge in [0.05, 0.1) is 6.33 Å². The molecule has 1 rings (SSSR count). The summed E-state index contributed by atoms with van der Waals surface area (Å²) in [6, 6.07) is 1.42. The third kappa shape index (κ3) is 0.753. The van der Waals surface area contributed by atoms with E-state index in [9.17, 15) is 4.79 Å². The van der Waals surface area contributed by atoms with E-state index in [0.29, 0.717) is 0 Å². The van der Waals surface area contributed by atoms with Crippen LogP contribution < -0.4 is 5.56 Å². The van der Waals surface area contributed by atoms with Crippen molar-refractivity contribution in [1.82, 2.24) is 9.55 Å². The Morgan fingerprint density at radius 3 is 2.88 bits per heavy atom. The van der Waals surface area contributed by atoms with Crippen molar-refractivity contribution >= 4 is 0 Å². The van der Waals surface area contributed by atoms with Crippen molar-refractivity contribution in [3.63, 3.8) is 0 Å². The Morgan fingerprint density at radius 1 is 1.75 bits per heavy atom. The minimum Gasteiger partial charge on any atom is -0.302 e. The molecule has 42 valence electrons. The predicted octanol–water partition coefficient (Wildman–Crippen LogP) is -0.220. The summed E-state index contributed by atoms with van der Waals surface area (Å²) >= 11 is 0. The van der Waals surface area contributed by atoms with Gasteiger partial charge < -0.3 is 4.57 Å². The molecule has 0 saturated heterocycles. The molecule has 0 unspecified atom stereocenters. The second-order valence-corrected chi connectivity index (χ2v) is 1.53. The molecule has 0 fully saturated rings. The van der Waals surface area contributed by atoms with Crippen molar-refractivity contribution in [2.75, 3.05) is 0 Å². The van der Waals surface area contributed by atoms with Crippen LogP contribution in [0.15, 0.2) is 23.4 Å². The fourth-order valence-corrected chi connectivity index (χ4v) is 0.420. The molecule has 0 aliphatic rings. The summed E-state index contributed by atoms with van der Waals surface area (Å²) in [5.74, 6) is 0. The average Bonchev–Trinajstić information content (AvgIpc) is 1.77. The summed E-state index contributed by atoms with van der Waals surface area (Å²) < 4.78 is 1.42. The van der Waals surface area contributed by atoms with Crippen LogP contribution in [0.5, 0.6) is 0 Å². The quantitative estimate of drug-likeness (QED) is 0.462. The van der Waals surface area contributed by atoms with E-state index in [1.807, 2.05) is 0 Å².